The Hall–Kier alpha value is -6.38. The normalized spacial score (nSPS) is 11.9. The van der Waals surface area contributed by atoms with E-state index in [0.29, 0.717) is 0 Å². The summed E-state index contributed by atoms with van der Waals surface area (Å²) >= 11 is 0. The second-order valence-electron chi connectivity index (χ2n) is 13.2. The first-order chi connectivity index (χ1) is 25.3. The van der Waals surface area contributed by atoms with Gasteiger partial charge in [-0.1, -0.05) is 194 Å². The van der Waals surface area contributed by atoms with Gasteiger partial charge in [0.15, 0.2) is 0 Å². The summed E-state index contributed by atoms with van der Waals surface area (Å²) in [4.78, 5) is 2.52. The zero-order chi connectivity index (χ0) is 34.0. The van der Waals surface area contributed by atoms with Crippen molar-refractivity contribution in [2.75, 3.05) is 4.81 Å². The van der Waals surface area contributed by atoms with E-state index in [0.717, 1.165) is 6.42 Å². The monoisotopic (exact) mass is 649 g/mol. The van der Waals surface area contributed by atoms with Crippen LogP contribution in [0.2, 0.25) is 0 Å². The lowest BCUT2D eigenvalue weighted by atomic mass is 9.43. The minimum Gasteiger partial charge on any atom is -0.376 e. The molecule has 0 spiro atoms. The summed E-state index contributed by atoms with van der Waals surface area (Å²) in [5.41, 5.74) is 18.5. The molecule has 0 amide bonds. The number of benzene rings is 8. The van der Waals surface area contributed by atoms with Crippen LogP contribution >= 0.6 is 0 Å². The van der Waals surface area contributed by atoms with Crippen molar-refractivity contribution in [3.05, 3.63) is 217 Å². The van der Waals surface area contributed by atoms with Gasteiger partial charge in [0.05, 0.1) is 0 Å². The van der Waals surface area contributed by atoms with Crippen molar-refractivity contribution >= 4 is 29.1 Å². The average molecular weight is 650 g/mol. The molecule has 0 N–H and O–H groups in total. The molecule has 2 heterocycles. The smallest absolute Gasteiger partial charge is 0.329 e. The Morgan fingerprint density at radius 1 is 0.294 bits per heavy atom. The molecule has 0 aliphatic carbocycles. The summed E-state index contributed by atoms with van der Waals surface area (Å²) in [5, 5.41) is 0. The van der Waals surface area contributed by atoms with Gasteiger partial charge in [-0.3, -0.25) is 0 Å². The maximum absolute atomic E-state index is 2.52. The van der Waals surface area contributed by atoms with Gasteiger partial charge in [-0.25, -0.2) is 0 Å². The van der Waals surface area contributed by atoms with Crippen molar-refractivity contribution in [1.29, 1.82) is 0 Å². The van der Waals surface area contributed by atoms with E-state index in [4.69, 9.17) is 0 Å². The van der Waals surface area contributed by atoms with Gasteiger partial charge in [-0.05, 0) is 74.0 Å². The van der Waals surface area contributed by atoms with E-state index in [9.17, 15) is 0 Å². The maximum atomic E-state index is 2.52. The van der Waals surface area contributed by atoms with E-state index >= 15 is 0 Å². The molecule has 0 fully saturated rings. The largest absolute Gasteiger partial charge is 0.376 e. The van der Waals surface area contributed by atoms with Crippen LogP contribution in [0.5, 0.6) is 0 Å². The second-order valence-corrected chi connectivity index (χ2v) is 13.2. The van der Waals surface area contributed by atoms with Crippen LogP contribution in [0.25, 0.3) is 44.5 Å². The molecule has 0 radical (unpaired) electrons. The zero-order valence-corrected chi connectivity index (χ0v) is 28.4. The van der Waals surface area contributed by atoms with Crippen molar-refractivity contribution in [3.8, 4) is 44.5 Å². The van der Waals surface area contributed by atoms with Gasteiger partial charge in [-0.15, -0.1) is 0 Å². The molecule has 8 aromatic carbocycles. The predicted octanol–water partition coefficient (Wildman–Crippen LogP) is 11.2. The molecule has 1 nitrogen and oxygen atoms in total. The second kappa shape index (κ2) is 13.5. The minimum atomic E-state index is 0.215. The molecular weight excluding hydrogens is 613 g/mol. The van der Waals surface area contributed by atoms with Crippen LogP contribution < -0.4 is 15.7 Å². The lowest BCUT2D eigenvalue weighted by molar-refractivity contribution is 1.20. The average Bonchev–Trinajstić information content (AvgIpc) is 3.22. The van der Waals surface area contributed by atoms with Gasteiger partial charge in [0, 0.05) is 22.5 Å². The lowest BCUT2D eigenvalue weighted by Crippen LogP contribution is -2.59. The van der Waals surface area contributed by atoms with E-state index in [1.807, 2.05) is 0 Å². The first-order valence-corrected chi connectivity index (χ1v) is 17.8. The Kier molecular flexibility index (Phi) is 8.12. The van der Waals surface area contributed by atoms with Crippen LogP contribution in [-0.2, 0) is 6.42 Å². The fourth-order valence-electron chi connectivity index (χ4n) is 7.99. The zero-order valence-electron chi connectivity index (χ0n) is 28.4. The highest BCUT2D eigenvalue weighted by Gasteiger charge is 2.41. The van der Waals surface area contributed by atoms with Crippen LogP contribution in [0, 0.1) is 0 Å². The highest BCUT2D eigenvalue weighted by Crippen LogP contribution is 2.45. The summed E-state index contributed by atoms with van der Waals surface area (Å²) in [6.07, 6.45) is 0.927. The van der Waals surface area contributed by atoms with Crippen LogP contribution in [0.4, 0.5) is 11.4 Å². The van der Waals surface area contributed by atoms with E-state index in [1.54, 1.807) is 0 Å². The molecule has 240 valence electrons. The number of anilines is 2. The quantitative estimate of drug-likeness (QED) is 0.172. The molecule has 0 unspecified atom stereocenters. The van der Waals surface area contributed by atoms with Crippen molar-refractivity contribution in [3.63, 3.8) is 0 Å². The molecule has 0 saturated carbocycles. The number of hydrogen-bond acceptors (Lipinski definition) is 1. The number of para-hydroxylation sites is 2. The van der Waals surface area contributed by atoms with E-state index in [1.165, 1.54) is 77.9 Å². The summed E-state index contributed by atoms with van der Waals surface area (Å²) in [6, 6.07) is 74.0. The maximum Gasteiger partial charge on any atom is 0.329 e. The van der Waals surface area contributed by atoms with Crippen LogP contribution in [0.15, 0.2) is 206 Å². The number of nitrogens with zero attached hydrogens (tertiary/aromatic N) is 1. The van der Waals surface area contributed by atoms with Gasteiger partial charge >= 0.3 is 6.85 Å². The summed E-state index contributed by atoms with van der Waals surface area (Å²) in [6.45, 7) is 0.215. The Bertz CT molecular complexity index is 2200. The van der Waals surface area contributed by atoms with Crippen LogP contribution in [0.1, 0.15) is 11.1 Å². The van der Waals surface area contributed by atoms with Crippen molar-refractivity contribution < 1.29 is 0 Å². The van der Waals surface area contributed by atoms with E-state index in [-0.39, 0.29) is 6.85 Å². The van der Waals surface area contributed by atoms with Gasteiger partial charge < -0.3 is 4.81 Å². The molecule has 0 aromatic heterocycles. The van der Waals surface area contributed by atoms with Crippen molar-refractivity contribution in [1.82, 2.24) is 0 Å². The molecular formula is C49H36BN. The first-order valence-electron chi connectivity index (χ1n) is 17.8. The highest BCUT2D eigenvalue weighted by molar-refractivity contribution is 6.92. The molecule has 8 aromatic rings. The molecule has 2 aliphatic rings. The topological polar surface area (TPSA) is 3.24 Å². The Morgan fingerprint density at radius 3 is 1.08 bits per heavy atom. The van der Waals surface area contributed by atoms with Gasteiger partial charge in [0.1, 0.15) is 0 Å². The number of fused-ring (bicyclic) bond motifs is 11. The Balaban J connectivity index is 0.000000137. The third-order valence-corrected chi connectivity index (χ3v) is 10.3. The third kappa shape index (κ3) is 5.65. The molecule has 51 heavy (non-hydrogen) atoms. The molecule has 0 bridgehead atoms. The molecule has 0 atom stereocenters. The van der Waals surface area contributed by atoms with Crippen LogP contribution in [-0.4, -0.2) is 6.85 Å². The number of rotatable bonds is 4. The molecule has 2 heteroatoms. The van der Waals surface area contributed by atoms with Crippen LogP contribution in [0.3, 0.4) is 0 Å². The first kappa shape index (κ1) is 30.7. The van der Waals surface area contributed by atoms with Gasteiger partial charge in [-0.2, -0.15) is 0 Å². The third-order valence-electron chi connectivity index (χ3n) is 10.3. The minimum absolute atomic E-state index is 0.215. The highest BCUT2D eigenvalue weighted by atomic mass is 15.1. The Morgan fingerprint density at radius 2 is 0.627 bits per heavy atom. The fraction of sp³-hybridized carbons (Fsp3) is 0.0204. The SMILES string of the molecule is c1ccc(-c2ccccc2Cc2ccccc2-c2ccccc2)cc1.c1ccc2c(c1)B1c3ccccc3-c3ccccc3N1c1ccccc1-2. The van der Waals surface area contributed by atoms with E-state index < -0.39 is 0 Å². The van der Waals surface area contributed by atoms with Gasteiger partial charge in [0.2, 0.25) is 0 Å². The number of hydrogen-bond donors (Lipinski definition) is 0. The molecule has 2 aliphatic heterocycles. The van der Waals surface area contributed by atoms with Gasteiger partial charge in [0.25, 0.3) is 0 Å². The van der Waals surface area contributed by atoms with Crippen molar-refractivity contribution in [2.45, 2.75) is 6.42 Å². The molecule has 10 rings (SSSR count). The standard InChI is InChI=1S/C25H20.C24H16BN/c1-3-11-20(12-4-1)24-17-9-7-15-22(24)19-23-16-8-10-18-25(23)21-13-5-2-6-14-21;1-5-13-21-17(9-1)19-11-3-7-15-23(19)26-24-16-8-4-12-20(24)18-10-2-6-14-22(18)25(21)26/h1-18H,19H2;1-16H. The molecule has 0 saturated heterocycles. The predicted molar refractivity (Wildman–Crippen MR) is 217 cm³/mol. The fourth-order valence-corrected chi connectivity index (χ4v) is 7.99. The summed E-state index contributed by atoms with van der Waals surface area (Å²) in [7, 11) is 0. The Labute approximate surface area is 301 Å². The lowest BCUT2D eigenvalue weighted by Gasteiger charge is -2.43. The summed E-state index contributed by atoms with van der Waals surface area (Å²) < 4.78 is 0. The summed E-state index contributed by atoms with van der Waals surface area (Å²) in [5.74, 6) is 0. The van der Waals surface area contributed by atoms with Crippen molar-refractivity contribution in [2.24, 2.45) is 0 Å². The van der Waals surface area contributed by atoms with E-state index in [2.05, 4.69) is 211 Å².